The van der Waals surface area contributed by atoms with Gasteiger partial charge in [-0.2, -0.15) is 0 Å². The Morgan fingerprint density at radius 1 is 0.976 bits per heavy atom. The summed E-state index contributed by atoms with van der Waals surface area (Å²) in [4.78, 5) is 28.5. The van der Waals surface area contributed by atoms with Crippen molar-refractivity contribution in [3.63, 3.8) is 0 Å². The molecule has 3 rings (SSSR count). The van der Waals surface area contributed by atoms with Crippen molar-refractivity contribution in [1.29, 1.82) is 0 Å². The molecule has 1 N–H and O–H groups in total. The minimum atomic E-state index is -4.18. The van der Waals surface area contributed by atoms with Crippen molar-refractivity contribution in [2.75, 3.05) is 31.0 Å². The highest BCUT2D eigenvalue weighted by Crippen LogP contribution is 2.32. The zero-order valence-electron chi connectivity index (χ0n) is 24.1. The van der Waals surface area contributed by atoms with Crippen molar-refractivity contribution in [2.45, 2.75) is 45.1 Å². The molecule has 1 atom stereocenters. The van der Waals surface area contributed by atoms with Gasteiger partial charge >= 0.3 is 0 Å². The average Bonchev–Trinajstić information content (AvgIpc) is 2.95. The van der Waals surface area contributed by atoms with Crippen molar-refractivity contribution in [3.05, 3.63) is 88.9 Å². The average molecular weight is 600 g/mol. The molecular weight excluding hydrogens is 562 g/mol. The number of methoxy groups -OCH3 is 1. The molecule has 220 valence electrons. The van der Waals surface area contributed by atoms with Gasteiger partial charge in [-0.15, -0.1) is 0 Å². The Morgan fingerprint density at radius 2 is 1.63 bits per heavy atom. The van der Waals surface area contributed by atoms with Gasteiger partial charge in [-0.25, -0.2) is 8.42 Å². The lowest BCUT2D eigenvalue weighted by molar-refractivity contribution is -0.138. The lowest BCUT2D eigenvalue weighted by Crippen LogP contribution is -2.52. The molecule has 41 heavy (non-hydrogen) atoms. The van der Waals surface area contributed by atoms with Gasteiger partial charge in [0.15, 0.2) is 0 Å². The Balaban J connectivity index is 2.00. The number of aryl methyl sites for hydroxylation is 1. The van der Waals surface area contributed by atoms with Crippen LogP contribution in [-0.4, -0.2) is 57.9 Å². The van der Waals surface area contributed by atoms with Gasteiger partial charge in [0, 0.05) is 13.1 Å². The molecular formula is C31H38ClN3O5S. The molecule has 0 aliphatic rings. The van der Waals surface area contributed by atoms with Gasteiger partial charge in [0.05, 0.1) is 22.7 Å². The Bertz CT molecular complexity index is 1430. The second-order valence-corrected chi connectivity index (χ2v) is 12.6. The summed E-state index contributed by atoms with van der Waals surface area (Å²) in [6.45, 7) is 7.63. The van der Waals surface area contributed by atoms with Crippen LogP contribution in [0.5, 0.6) is 5.75 Å². The zero-order valence-corrected chi connectivity index (χ0v) is 25.7. The minimum absolute atomic E-state index is 0.0291. The second kappa shape index (κ2) is 14.4. The van der Waals surface area contributed by atoms with E-state index >= 15 is 0 Å². The third kappa shape index (κ3) is 8.47. The summed E-state index contributed by atoms with van der Waals surface area (Å²) < 4.78 is 34.1. The molecule has 3 aromatic carbocycles. The summed E-state index contributed by atoms with van der Waals surface area (Å²) in [5, 5.41) is 3.08. The standard InChI is InChI=1S/C31H38ClN3O5S/c1-22(2)20-33-31(37)24(4)34(18-17-25-9-7-6-8-10-25)30(36)21-35(26-13-16-29(40-5)28(32)19-26)41(38,39)27-14-11-23(3)12-15-27/h6-16,19,22,24H,17-18,20-21H2,1-5H3,(H,33,37). The molecule has 0 bridgehead atoms. The maximum Gasteiger partial charge on any atom is 0.264 e. The Kier molecular flexibility index (Phi) is 11.2. The lowest BCUT2D eigenvalue weighted by atomic mass is 10.1. The van der Waals surface area contributed by atoms with Crippen LogP contribution < -0.4 is 14.4 Å². The number of amides is 2. The van der Waals surface area contributed by atoms with E-state index in [2.05, 4.69) is 5.32 Å². The Hall–Kier alpha value is -3.56. The van der Waals surface area contributed by atoms with Gasteiger partial charge in [-0.3, -0.25) is 13.9 Å². The maximum atomic E-state index is 14.0. The molecule has 0 saturated carbocycles. The van der Waals surface area contributed by atoms with Crippen LogP contribution in [0.15, 0.2) is 77.7 Å². The van der Waals surface area contributed by atoms with Crippen molar-refractivity contribution < 1.29 is 22.7 Å². The first-order valence-corrected chi connectivity index (χ1v) is 15.3. The van der Waals surface area contributed by atoms with E-state index in [1.165, 1.54) is 36.3 Å². The van der Waals surface area contributed by atoms with Crippen LogP contribution in [0, 0.1) is 12.8 Å². The van der Waals surface area contributed by atoms with E-state index in [4.69, 9.17) is 16.3 Å². The van der Waals surface area contributed by atoms with Gasteiger partial charge in [-0.05, 0) is 62.1 Å². The van der Waals surface area contributed by atoms with Crippen LogP contribution in [0.2, 0.25) is 5.02 Å². The number of benzene rings is 3. The number of carbonyl (C=O) groups excluding carboxylic acids is 2. The first-order chi connectivity index (χ1) is 19.4. The summed E-state index contributed by atoms with van der Waals surface area (Å²) >= 11 is 6.36. The molecule has 0 fully saturated rings. The fourth-order valence-corrected chi connectivity index (χ4v) is 5.86. The van der Waals surface area contributed by atoms with Crippen LogP contribution in [-0.2, 0) is 26.0 Å². The van der Waals surface area contributed by atoms with E-state index in [0.717, 1.165) is 15.4 Å². The topological polar surface area (TPSA) is 96.0 Å². The van der Waals surface area contributed by atoms with Gasteiger partial charge < -0.3 is 15.0 Å². The summed E-state index contributed by atoms with van der Waals surface area (Å²) in [7, 11) is -2.72. The summed E-state index contributed by atoms with van der Waals surface area (Å²) in [5.41, 5.74) is 2.09. The summed E-state index contributed by atoms with van der Waals surface area (Å²) in [6, 6.07) is 19.7. The van der Waals surface area contributed by atoms with Crippen molar-refractivity contribution in [2.24, 2.45) is 5.92 Å². The first kappa shape index (κ1) is 32.0. The zero-order chi connectivity index (χ0) is 30.2. The molecule has 3 aromatic rings. The first-order valence-electron chi connectivity index (χ1n) is 13.5. The number of hydrogen-bond donors (Lipinski definition) is 1. The predicted octanol–water partition coefficient (Wildman–Crippen LogP) is 5.08. The molecule has 1 unspecified atom stereocenters. The van der Waals surface area contributed by atoms with E-state index < -0.39 is 28.5 Å². The molecule has 0 aliphatic carbocycles. The van der Waals surface area contributed by atoms with E-state index in [0.29, 0.717) is 18.7 Å². The SMILES string of the molecule is COc1ccc(N(CC(=O)N(CCc2ccccc2)C(C)C(=O)NCC(C)C)S(=O)(=O)c2ccc(C)cc2)cc1Cl. The van der Waals surface area contributed by atoms with Crippen LogP contribution >= 0.6 is 11.6 Å². The number of nitrogens with one attached hydrogen (secondary N) is 1. The largest absolute Gasteiger partial charge is 0.495 e. The number of carbonyl (C=O) groups is 2. The van der Waals surface area contributed by atoms with Crippen LogP contribution in [0.3, 0.4) is 0 Å². The van der Waals surface area contributed by atoms with E-state index in [1.807, 2.05) is 51.1 Å². The minimum Gasteiger partial charge on any atom is -0.495 e. The summed E-state index contributed by atoms with van der Waals surface area (Å²) in [5.74, 6) is -0.222. The number of anilines is 1. The number of hydrogen-bond acceptors (Lipinski definition) is 5. The molecule has 0 aromatic heterocycles. The molecule has 2 amide bonds. The van der Waals surface area contributed by atoms with Crippen LogP contribution in [0.25, 0.3) is 0 Å². The van der Waals surface area contributed by atoms with Crippen molar-refractivity contribution >= 4 is 39.1 Å². The third-order valence-electron chi connectivity index (χ3n) is 6.65. The maximum absolute atomic E-state index is 14.0. The van der Waals surface area contributed by atoms with Crippen LogP contribution in [0.1, 0.15) is 31.9 Å². The lowest BCUT2D eigenvalue weighted by Gasteiger charge is -2.32. The third-order valence-corrected chi connectivity index (χ3v) is 8.73. The monoisotopic (exact) mass is 599 g/mol. The molecule has 0 heterocycles. The van der Waals surface area contributed by atoms with E-state index in [1.54, 1.807) is 25.1 Å². The van der Waals surface area contributed by atoms with Gasteiger partial charge in [-0.1, -0.05) is 73.5 Å². The highest BCUT2D eigenvalue weighted by molar-refractivity contribution is 7.92. The quantitative estimate of drug-likeness (QED) is 0.295. The fourth-order valence-electron chi connectivity index (χ4n) is 4.20. The molecule has 10 heteroatoms. The van der Waals surface area contributed by atoms with Crippen molar-refractivity contribution in [1.82, 2.24) is 10.2 Å². The van der Waals surface area contributed by atoms with Gasteiger partial charge in [0.2, 0.25) is 11.8 Å². The molecule has 0 spiro atoms. The Labute approximate surface area is 248 Å². The predicted molar refractivity (Wildman–Crippen MR) is 163 cm³/mol. The molecule has 0 radical (unpaired) electrons. The number of ether oxygens (including phenoxy) is 1. The van der Waals surface area contributed by atoms with Gasteiger partial charge in [0.1, 0.15) is 18.3 Å². The van der Waals surface area contributed by atoms with Crippen molar-refractivity contribution in [3.8, 4) is 5.75 Å². The van der Waals surface area contributed by atoms with Crippen LogP contribution in [0.4, 0.5) is 5.69 Å². The number of sulfonamides is 1. The smallest absolute Gasteiger partial charge is 0.264 e. The second-order valence-electron chi connectivity index (χ2n) is 10.3. The van der Waals surface area contributed by atoms with E-state index in [9.17, 15) is 18.0 Å². The Morgan fingerprint density at radius 3 is 2.22 bits per heavy atom. The molecule has 0 aliphatic heterocycles. The van der Waals surface area contributed by atoms with E-state index in [-0.39, 0.29) is 34.0 Å². The molecule has 8 nitrogen and oxygen atoms in total. The number of halogens is 1. The number of nitrogens with zero attached hydrogens (tertiary/aromatic N) is 2. The highest BCUT2D eigenvalue weighted by atomic mass is 35.5. The fraction of sp³-hybridized carbons (Fsp3) is 0.355. The molecule has 0 saturated heterocycles. The highest BCUT2D eigenvalue weighted by Gasteiger charge is 2.32. The van der Waals surface area contributed by atoms with Gasteiger partial charge in [0.25, 0.3) is 10.0 Å². The normalized spacial score (nSPS) is 12.1. The summed E-state index contributed by atoms with van der Waals surface area (Å²) in [6.07, 6.45) is 0.494. The number of rotatable bonds is 13.